The molecule has 4 unspecified atom stereocenters. The number of benzene rings is 5. The van der Waals surface area contributed by atoms with E-state index in [1.807, 2.05) is 0 Å². The van der Waals surface area contributed by atoms with E-state index in [1.165, 1.54) is 59.9 Å². The highest BCUT2D eigenvalue weighted by atomic mass is 19.4. The Morgan fingerprint density at radius 3 is 1.66 bits per heavy atom. The molecular formula is C50H44F6N12O6. The molecule has 3 heterocycles. The van der Waals surface area contributed by atoms with Crippen LogP contribution in [0.15, 0.2) is 120 Å². The van der Waals surface area contributed by atoms with Crippen LogP contribution in [0.25, 0.3) is 22.5 Å². The van der Waals surface area contributed by atoms with Gasteiger partial charge in [0.1, 0.15) is 63.5 Å². The maximum Gasteiger partial charge on any atom is 0.416 e. The molecule has 0 fully saturated rings. The molecule has 24 heteroatoms. The number of aromatic nitrogens is 9. The quantitative estimate of drug-likeness (QED) is 0.0319. The van der Waals surface area contributed by atoms with Gasteiger partial charge in [-0.3, -0.25) is 9.79 Å². The minimum atomic E-state index is -5.35. The number of nitrogens with one attached hydrogen (secondary N) is 1. The van der Waals surface area contributed by atoms with Crippen molar-refractivity contribution in [3.05, 3.63) is 166 Å². The van der Waals surface area contributed by atoms with Gasteiger partial charge in [0.25, 0.3) is 0 Å². The summed E-state index contributed by atoms with van der Waals surface area (Å²) in [6, 6.07) is 16.0. The van der Waals surface area contributed by atoms with Crippen LogP contribution in [0.5, 0.6) is 17.2 Å². The summed E-state index contributed by atoms with van der Waals surface area (Å²) in [7, 11) is 0. The van der Waals surface area contributed by atoms with Crippen LogP contribution >= 0.6 is 0 Å². The molecule has 8 aromatic rings. The van der Waals surface area contributed by atoms with Crippen molar-refractivity contribution < 1.29 is 56.7 Å². The molecule has 0 amide bonds. The highest BCUT2D eigenvalue weighted by molar-refractivity contribution is 5.80. The summed E-state index contributed by atoms with van der Waals surface area (Å²) in [4.78, 5) is 16.7. The highest BCUT2D eigenvalue weighted by Crippen LogP contribution is 2.44. The van der Waals surface area contributed by atoms with Gasteiger partial charge in [-0.15, -0.1) is 15.3 Å². The predicted octanol–water partition coefficient (Wildman–Crippen LogP) is 9.05. The third kappa shape index (κ3) is 9.46. The van der Waals surface area contributed by atoms with Crippen molar-refractivity contribution >= 4 is 17.7 Å². The van der Waals surface area contributed by atoms with Crippen LogP contribution < -0.4 is 0 Å². The Balaban J connectivity index is 1.18. The van der Waals surface area contributed by atoms with Crippen LogP contribution in [-0.2, 0) is 28.3 Å². The molecule has 0 radical (unpaired) electrons. The Kier molecular flexibility index (Phi) is 13.6. The van der Waals surface area contributed by atoms with Gasteiger partial charge in [-0.25, -0.2) is 19.6 Å². The number of nitrogens with zero attached hydrogens (tertiary/aromatic N) is 11. The maximum absolute atomic E-state index is 14.2. The summed E-state index contributed by atoms with van der Waals surface area (Å²) in [5.41, 5.74) is 0.00515. The molecule has 3 aromatic heterocycles. The average Bonchev–Trinajstić information content (AvgIpc) is 4.15. The largest absolute Gasteiger partial charge is 0.506 e. The van der Waals surface area contributed by atoms with E-state index in [0.29, 0.717) is 34.4 Å². The molecule has 18 nitrogen and oxygen atoms in total. The molecule has 0 spiro atoms. The van der Waals surface area contributed by atoms with E-state index in [0.717, 1.165) is 17.1 Å². The number of carbonyl (C=O) groups is 1. The van der Waals surface area contributed by atoms with Crippen molar-refractivity contribution in [1.82, 2.24) is 45.0 Å². The number of aliphatic hydroxyl groups is 2. The molecule has 74 heavy (non-hydrogen) atoms. The van der Waals surface area contributed by atoms with Crippen molar-refractivity contribution in [2.45, 2.75) is 76.7 Å². The molecular weight excluding hydrogens is 979 g/mol. The second kappa shape index (κ2) is 19.4. The van der Waals surface area contributed by atoms with Crippen LogP contribution in [0.4, 0.5) is 32.0 Å². The Hall–Kier alpha value is -8.64. The summed E-state index contributed by atoms with van der Waals surface area (Å²) >= 11 is 0. The first-order valence-corrected chi connectivity index (χ1v) is 22.4. The third-order valence-electron chi connectivity index (χ3n) is 12.6. The Labute approximate surface area is 416 Å². The van der Waals surface area contributed by atoms with E-state index in [1.54, 1.807) is 69.3 Å². The Morgan fingerprint density at radius 2 is 1.16 bits per heavy atom. The van der Waals surface area contributed by atoms with Crippen LogP contribution in [0.1, 0.15) is 82.3 Å². The second-order valence-corrected chi connectivity index (χ2v) is 17.5. The van der Waals surface area contributed by atoms with Crippen LogP contribution in [0.3, 0.4) is 0 Å². The zero-order chi connectivity index (χ0) is 53.7. The first kappa shape index (κ1) is 51.7. The van der Waals surface area contributed by atoms with Gasteiger partial charge >= 0.3 is 12.4 Å². The zero-order valence-electron chi connectivity index (χ0n) is 39.7. The van der Waals surface area contributed by atoms with Crippen molar-refractivity contribution in [2.24, 2.45) is 10.1 Å². The van der Waals surface area contributed by atoms with Crippen LogP contribution in [-0.4, -0.2) is 88.6 Å². The van der Waals surface area contributed by atoms with E-state index in [9.17, 15) is 56.7 Å². The molecule has 382 valence electrons. The standard InChI is InChI=1S/C50H44F6N12O6/c1-6-36(29(5)69)66-23-41(60-63-66)47(73,42-24-67(64-61-42)45-26(2)9-7-11-37(45)70)32-15-13-30(14-16-32)31-17-28(4)44(39(72)18-31)58-22-40(59-57)48(74,33-19-34(49(51,52)53)21-35(20-33)50(54,55)56)43-25-68(65-62-43)46-27(3)10-8-12-38(46)71/h7-25,36,40,57,70-74H,6H2,1-5H3. The summed E-state index contributed by atoms with van der Waals surface area (Å²) in [6.45, 7) is 8.04. The molecule has 0 saturated heterocycles. The molecule has 5 aromatic carbocycles. The van der Waals surface area contributed by atoms with Crippen LogP contribution in [0, 0.1) is 26.3 Å². The van der Waals surface area contributed by atoms with E-state index >= 15 is 0 Å². The van der Waals surface area contributed by atoms with E-state index in [-0.39, 0.29) is 69.4 Å². The Bertz CT molecular complexity index is 3370. The number of hydrogen-bond acceptors (Lipinski definition) is 15. The topological polar surface area (TPSA) is 259 Å². The van der Waals surface area contributed by atoms with Gasteiger partial charge in [-0.1, -0.05) is 71.1 Å². The molecule has 0 aliphatic carbocycles. The smallest absolute Gasteiger partial charge is 0.416 e. The lowest BCUT2D eigenvalue weighted by atomic mass is 9.82. The molecule has 0 aliphatic rings. The fourth-order valence-electron chi connectivity index (χ4n) is 8.68. The lowest BCUT2D eigenvalue weighted by Crippen LogP contribution is -2.41. The number of ketones is 1. The normalized spacial score (nSPS) is 14.7. The van der Waals surface area contributed by atoms with Gasteiger partial charge in [-0.2, -0.15) is 31.5 Å². The second-order valence-electron chi connectivity index (χ2n) is 17.5. The van der Waals surface area contributed by atoms with Crippen LogP contribution in [0.2, 0.25) is 0 Å². The highest BCUT2D eigenvalue weighted by Gasteiger charge is 2.47. The molecule has 0 aliphatic heterocycles. The van der Waals surface area contributed by atoms with Crippen molar-refractivity contribution in [1.29, 1.82) is 5.53 Å². The molecule has 0 bridgehead atoms. The fraction of sp³-hybridized carbons (Fsp3) is 0.240. The SMILES string of the molecule is CCC(C(C)=O)n1cc(C(O)(c2ccc(-c3cc(C)c(N=CC(N=N)C(O)(c4cc(C(F)(F)F)cc(C(F)(F)F)c4)c4cn(-c5c(C)cccc5O)nn4)c(O)c3)cc2)c2cn(-c3c(C)cccc3O)nn2)nn1. The van der Waals surface area contributed by atoms with Gasteiger partial charge in [-0.05, 0) is 116 Å². The number of halogens is 6. The summed E-state index contributed by atoms with van der Waals surface area (Å²) in [5.74, 6) is -1.12. The van der Waals surface area contributed by atoms with Gasteiger partial charge in [0.2, 0.25) is 0 Å². The summed E-state index contributed by atoms with van der Waals surface area (Å²) in [5, 5.41) is 86.0. The molecule has 8 rings (SSSR count). The Morgan fingerprint density at radius 1 is 0.649 bits per heavy atom. The number of aryl methyl sites for hydroxylation is 3. The van der Waals surface area contributed by atoms with Gasteiger partial charge in [0, 0.05) is 6.21 Å². The average molecular weight is 1020 g/mol. The minimum Gasteiger partial charge on any atom is -0.506 e. The molecule has 4 atom stereocenters. The lowest BCUT2D eigenvalue weighted by molar-refractivity contribution is -0.143. The van der Waals surface area contributed by atoms with Crippen molar-refractivity contribution in [3.8, 4) is 39.8 Å². The number of rotatable bonds is 15. The number of carbonyl (C=O) groups excluding carboxylic acids is 1. The van der Waals surface area contributed by atoms with Crippen molar-refractivity contribution in [2.75, 3.05) is 0 Å². The fourth-order valence-corrected chi connectivity index (χ4v) is 8.68. The summed E-state index contributed by atoms with van der Waals surface area (Å²) in [6.07, 6.45) is -5.77. The number of Topliss-reactive ketones (excluding diaryl/α,β-unsaturated/α-hetero) is 1. The van der Waals surface area contributed by atoms with Gasteiger partial charge in [0.15, 0.2) is 17.0 Å². The third-order valence-corrected chi connectivity index (χ3v) is 12.6. The number of phenolic OH excluding ortho intramolecular Hbond substituents is 3. The lowest BCUT2D eigenvalue weighted by Gasteiger charge is -2.31. The van der Waals surface area contributed by atoms with Gasteiger partial charge < -0.3 is 25.5 Å². The van der Waals surface area contributed by atoms with E-state index < -0.39 is 63.8 Å². The zero-order valence-corrected chi connectivity index (χ0v) is 39.7. The van der Waals surface area contributed by atoms with Gasteiger partial charge in [0.05, 0.1) is 29.7 Å². The van der Waals surface area contributed by atoms with E-state index in [2.05, 4.69) is 41.0 Å². The first-order chi connectivity index (χ1) is 34.9. The van der Waals surface area contributed by atoms with Crippen molar-refractivity contribution in [3.63, 3.8) is 0 Å². The number of alkyl halides is 6. The minimum absolute atomic E-state index is 0.0117. The monoisotopic (exact) mass is 1020 g/mol. The number of aromatic hydroxyl groups is 3. The number of para-hydroxylation sites is 2. The molecule has 0 saturated carbocycles. The summed E-state index contributed by atoms with van der Waals surface area (Å²) < 4.78 is 88.9. The molecule has 6 N–H and O–H groups in total. The predicted molar refractivity (Wildman–Crippen MR) is 252 cm³/mol. The van der Waals surface area contributed by atoms with E-state index in [4.69, 9.17) is 5.53 Å². The number of phenols is 3. The first-order valence-electron chi connectivity index (χ1n) is 22.4. The number of hydrogen-bond donors (Lipinski definition) is 6. The maximum atomic E-state index is 14.2. The number of aliphatic imine (C=N–C) groups is 1.